The molecule has 3 rings (SSSR count). The minimum absolute atomic E-state index is 0.406. The summed E-state index contributed by atoms with van der Waals surface area (Å²) >= 11 is 8.27. The molecule has 5 heteroatoms. The van der Waals surface area contributed by atoms with Gasteiger partial charge < -0.3 is 9.30 Å². The Hall–Kier alpha value is -0.330. The number of nitrogens with zero attached hydrogens (tertiary/aromatic N) is 2. The number of hydrogen-bond acceptors (Lipinski definition) is 2. The highest BCUT2D eigenvalue weighted by atomic mass is 127. The largest absolute Gasteiger partial charge is 0.378 e. The summed E-state index contributed by atoms with van der Waals surface area (Å²) in [6.07, 6.45) is 5.98. The number of alkyl halides is 1. The van der Waals surface area contributed by atoms with Crippen molar-refractivity contribution in [3.63, 3.8) is 0 Å². The number of aryl methyl sites for hydroxylation is 2. The lowest BCUT2D eigenvalue weighted by atomic mass is 10.1. The standard InChI is InChI=1S/C16H20ClIN2O/c17-8-6-16-19-14-11-12(18)4-5-15(14)20(16)9-7-13-3-1-2-10-21-13/h4-5,11,13H,1-3,6-10H2. The number of rotatable bonds is 5. The van der Waals surface area contributed by atoms with Crippen molar-refractivity contribution in [1.29, 1.82) is 0 Å². The third kappa shape index (κ3) is 3.71. The maximum Gasteiger partial charge on any atom is 0.111 e. The van der Waals surface area contributed by atoms with Gasteiger partial charge in [0.2, 0.25) is 0 Å². The van der Waals surface area contributed by atoms with Gasteiger partial charge in [-0.05, 0) is 66.5 Å². The van der Waals surface area contributed by atoms with E-state index in [1.807, 2.05) is 0 Å². The van der Waals surface area contributed by atoms with Crippen molar-refractivity contribution in [2.75, 3.05) is 12.5 Å². The maximum absolute atomic E-state index is 5.94. The maximum atomic E-state index is 5.94. The van der Waals surface area contributed by atoms with E-state index in [1.165, 1.54) is 28.3 Å². The van der Waals surface area contributed by atoms with Gasteiger partial charge in [0.1, 0.15) is 5.82 Å². The summed E-state index contributed by atoms with van der Waals surface area (Å²) in [6.45, 7) is 1.88. The summed E-state index contributed by atoms with van der Waals surface area (Å²) in [7, 11) is 0. The van der Waals surface area contributed by atoms with Crippen LogP contribution in [0.25, 0.3) is 11.0 Å². The van der Waals surface area contributed by atoms with E-state index in [0.29, 0.717) is 12.0 Å². The van der Waals surface area contributed by atoms with E-state index in [0.717, 1.165) is 37.3 Å². The molecule has 0 spiro atoms. The van der Waals surface area contributed by atoms with Gasteiger partial charge in [0.25, 0.3) is 0 Å². The highest BCUT2D eigenvalue weighted by molar-refractivity contribution is 14.1. The van der Waals surface area contributed by atoms with Gasteiger partial charge in [-0.2, -0.15) is 0 Å². The summed E-state index contributed by atoms with van der Waals surface area (Å²) in [5.74, 6) is 1.71. The highest BCUT2D eigenvalue weighted by Gasteiger charge is 2.16. The molecule has 21 heavy (non-hydrogen) atoms. The molecule has 2 aromatic rings. The average Bonchev–Trinajstić information content (AvgIpc) is 2.83. The summed E-state index contributed by atoms with van der Waals surface area (Å²) in [4.78, 5) is 4.76. The molecule has 1 saturated heterocycles. The van der Waals surface area contributed by atoms with Crippen LogP contribution in [0, 0.1) is 3.57 Å². The van der Waals surface area contributed by atoms with Crippen LogP contribution in [0.4, 0.5) is 0 Å². The third-order valence-corrected chi connectivity index (χ3v) is 4.92. The molecule has 1 fully saturated rings. The van der Waals surface area contributed by atoms with Crippen LogP contribution < -0.4 is 0 Å². The van der Waals surface area contributed by atoms with Crippen LogP contribution in [0.5, 0.6) is 0 Å². The molecule has 3 nitrogen and oxygen atoms in total. The number of imidazole rings is 1. The summed E-state index contributed by atoms with van der Waals surface area (Å²) in [5.41, 5.74) is 2.29. The second kappa shape index (κ2) is 7.29. The zero-order valence-corrected chi connectivity index (χ0v) is 14.9. The molecule has 1 aliphatic heterocycles. The lowest BCUT2D eigenvalue weighted by molar-refractivity contribution is 0.00887. The van der Waals surface area contributed by atoms with Crippen molar-refractivity contribution in [3.8, 4) is 0 Å². The smallest absolute Gasteiger partial charge is 0.111 e. The van der Waals surface area contributed by atoms with Crippen LogP contribution in [0.3, 0.4) is 0 Å². The van der Waals surface area contributed by atoms with E-state index in [-0.39, 0.29) is 0 Å². The Bertz CT molecular complexity index is 608. The first kappa shape index (κ1) is 15.6. The molecule has 0 aliphatic carbocycles. The van der Waals surface area contributed by atoms with Crippen molar-refractivity contribution >= 4 is 45.2 Å². The molecule has 1 aromatic heterocycles. The van der Waals surface area contributed by atoms with Gasteiger partial charge in [-0.15, -0.1) is 11.6 Å². The molecule has 1 atom stereocenters. The topological polar surface area (TPSA) is 27.1 Å². The second-order valence-corrected chi connectivity index (χ2v) is 7.15. The van der Waals surface area contributed by atoms with E-state index < -0.39 is 0 Å². The Labute approximate surface area is 144 Å². The van der Waals surface area contributed by atoms with Crippen molar-refractivity contribution in [2.45, 2.75) is 44.8 Å². The Morgan fingerprint density at radius 2 is 2.29 bits per heavy atom. The quantitative estimate of drug-likeness (QED) is 0.532. The zero-order chi connectivity index (χ0) is 14.7. The average molecular weight is 419 g/mol. The van der Waals surface area contributed by atoms with E-state index in [9.17, 15) is 0 Å². The number of ether oxygens (including phenoxy) is 1. The van der Waals surface area contributed by atoms with Crippen LogP contribution in [0.2, 0.25) is 0 Å². The molecule has 2 heterocycles. The van der Waals surface area contributed by atoms with Crippen LogP contribution >= 0.6 is 34.2 Å². The lowest BCUT2D eigenvalue weighted by Gasteiger charge is -2.23. The Morgan fingerprint density at radius 3 is 3.05 bits per heavy atom. The van der Waals surface area contributed by atoms with Crippen LogP contribution in [0.15, 0.2) is 18.2 Å². The van der Waals surface area contributed by atoms with Crippen molar-refractivity contribution in [1.82, 2.24) is 9.55 Å². The second-order valence-electron chi connectivity index (χ2n) is 5.53. The third-order valence-electron chi connectivity index (χ3n) is 4.06. The number of aromatic nitrogens is 2. The normalized spacial score (nSPS) is 19.2. The van der Waals surface area contributed by atoms with Gasteiger partial charge in [0.05, 0.1) is 17.1 Å². The molecule has 0 N–H and O–H groups in total. The zero-order valence-electron chi connectivity index (χ0n) is 12.0. The molecule has 1 aromatic carbocycles. The monoisotopic (exact) mass is 418 g/mol. The first-order valence-corrected chi connectivity index (χ1v) is 9.21. The van der Waals surface area contributed by atoms with E-state index in [2.05, 4.69) is 45.4 Å². The molecule has 0 bridgehead atoms. The van der Waals surface area contributed by atoms with Crippen LogP contribution in [0.1, 0.15) is 31.5 Å². The van der Waals surface area contributed by atoms with E-state index in [1.54, 1.807) is 0 Å². The molecule has 0 amide bonds. The number of hydrogen-bond donors (Lipinski definition) is 0. The van der Waals surface area contributed by atoms with Crippen LogP contribution in [-0.2, 0) is 17.7 Å². The van der Waals surface area contributed by atoms with Crippen molar-refractivity contribution in [3.05, 3.63) is 27.6 Å². The highest BCUT2D eigenvalue weighted by Crippen LogP contribution is 2.22. The van der Waals surface area contributed by atoms with Gasteiger partial charge in [0, 0.05) is 29.0 Å². The van der Waals surface area contributed by atoms with E-state index >= 15 is 0 Å². The minimum Gasteiger partial charge on any atom is -0.378 e. The van der Waals surface area contributed by atoms with Gasteiger partial charge in [-0.1, -0.05) is 0 Å². The summed E-state index contributed by atoms with van der Waals surface area (Å²) < 4.78 is 9.39. The number of halogens is 2. The fourth-order valence-corrected chi connectivity index (χ4v) is 3.63. The minimum atomic E-state index is 0.406. The Morgan fingerprint density at radius 1 is 1.38 bits per heavy atom. The summed E-state index contributed by atoms with van der Waals surface area (Å²) in [6, 6.07) is 6.45. The first-order chi connectivity index (χ1) is 10.3. The van der Waals surface area contributed by atoms with Gasteiger partial charge >= 0.3 is 0 Å². The SMILES string of the molecule is ClCCc1nc2cc(I)ccc2n1CCC1CCCCO1. The van der Waals surface area contributed by atoms with E-state index in [4.69, 9.17) is 21.3 Å². The fourth-order valence-electron chi connectivity index (χ4n) is 2.99. The predicted molar refractivity (Wildman–Crippen MR) is 95.1 cm³/mol. The molecule has 0 saturated carbocycles. The summed E-state index contributed by atoms with van der Waals surface area (Å²) in [5, 5.41) is 0. The molecular weight excluding hydrogens is 399 g/mol. The lowest BCUT2D eigenvalue weighted by Crippen LogP contribution is -2.21. The molecule has 0 radical (unpaired) electrons. The molecular formula is C16H20ClIN2O. The number of fused-ring (bicyclic) bond motifs is 1. The fraction of sp³-hybridized carbons (Fsp3) is 0.562. The number of benzene rings is 1. The van der Waals surface area contributed by atoms with Gasteiger partial charge in [0.15, 0.2) is 0 Å². The Kier molecular flexibility index (Phi) is 5.40. The van der Waals surface area contributed by atoms with Crippen molar-refractivity contribution < 1.29 is 4.74 Å². The molecule has 114 valence electrons. The van der Waals surface area contributed by atoms with Gasteiger partial charge in [-0.25, -0.2) is 4.98 Å². The Balaban J connectivity index is 1.82. The van der Waals surface area contributed by atoms with Crippen LogP contribution in [-0.4, -0.2) is 28.1 Å². The van der Waals surface area contributed by atoms with Gasteiger partial charge in [-0.3, -0.25) is 0 Å². The predicted octanol–water partition coefficient (Wildman–Crippen LogP) is 4.38. The first-order valence-electron chi connectivity index (χ1n) is 7.60. The van der Waals surface area contributed by atoms with Crippen molar-refractivity contribution in [2.24, 2.45) is 0 Å². The molecule has 1 aliphatic rings. The molecule has 1 unspecified atom stereocenters.